The van der Waals surface area contributed by atoms with E-state index in [1.54, 1.807) is 0 Å². The normalized spacial score (nSPS) is 11.9. The van der Waals surface area contributed by atoms with E-state index in [-0.39, 0.29) is 6.61 Å². The predicted octanol–water partition coefficient (Wildman–Crippen LogP) is 3.97. The first-order valence-corrected chi connectivity index (χ1v) is 9.76. The number of aliphatic hydroxyl groups excluding tert-OH is 1. The van der Waals surface area contributed by atoms with E-state index < -0.39 is 6.10 Å². The smallest absolute Gasteiger partial charge is 0.191 e. The number of aryl methyl sites for hydroxylation is 1. The van der Waals surface area contributed by atoms with Crippen LogP contribution in [-0.2, 0) is 6.54 Å². The van der Waals surface area contributed by atoms with Gasteiger partial charge in [-0.05, 0) is 18.6 Å². The van der Waals surface area contributed by atoms with Crippen molar-refractivity contribution >= 4 is 11.8 Å². The molecule has 0 aliphatic heterocycles. The number of allylic oxidation sites excluding steroid dienone is 1. The number of aliphatic hydroxyl groups is 1. The SMILES string of the molecule is C=CCn1c(SC[C@@H](O)COc2ccccc2C)nnc1-c1ccccc1. The maximum Gasteiger partial charge on any atom is 0.191 e. The number of benzene rings is 2. The van der Waals surface area contributed by atoms with Crippen LogP contribution in [0.3, 0.4) is 0 Å². The molecular weight excluding hydrogens is 358 g/mol. The zero-order valence-corrected chi connectivity index (χ0v) is 16.1. The van der Waals surface area contributed by atoms with E-state index in [9.17, 15) is 5.11 Å². The molecule has 140 valence electrons. The summed E-state index contributed by atoms with van der Waals surface area (Å²) < 4.78 is 7.72. The van der Waals surface area contributed by atoms with Crippen molar-refractivity contribution in [3.63, 3.8) is 0 Å². The lowest BCUT2D eigenvalue weighted by atomic mass is 10.2. The van der Waals surface area contributed by atoms with Crippen LogP contribution in [0, 0.1) is 6.92 Å². The van der Waals surface area contributed by atoms with Crippen molar-refractivity contribution in [2.45, 2.75) is 24.7 Å². The van der Waals surface area contributed by atoms with Crippen LogP contribution in [-0.4, -0.2) is 38.3 Å². The van der Waals surface area contributed by atoms with Crippen molar-refractivity contribution in [3.05, 3.63) is 72.8 Å². The van der Waals surface area contributed by atoms with Gasteiger partial charge in [0.25, 0.3) is 0 Å². The maximum atomic E-state index is 10.3. The number of hydrogen-bond acceptors (Lipinski definition) is 5. The van der Waals surface area contributed by atoms with Crippen molar-refractivity contribution in [2.24, 2.45) is 0 Å². The molecule has 2 aromatic carbocycles. The molecule has 0 unspecified atom stereocenters. The number of para-hydroxylation sites is 1. The van der Waals surface area contributed by atoms with Gasteiger partial charge in [-0.2, -0.15) is 0 Å². The summed E-state index contributed by atoms with van der Waals surface area (Å²) in [4.78, 5) is 0. The molecular formula is C21H23N3O2S. The zero-order valence-electron chi connectivity index (χ0n) is 15.3. The van der Waals surface area contributed by atoms with Crippen LogP contribution in [0.5, 0.6) is 5.75 Å². The van der Waals surface area contributed by atoms with Crippen molar-refractivity contribution in [1.82, 2.24) is 14.8 Å². The third kappa shape index (κ3) is 4.99. The van der Waals surface area contributed by atoms with E-state index in [0.29, 0.717) is 12.3 Å². The second kappa shape index (κ2) is 9.39. The summed E-state index contributed by atoms with van der Waals surface area (Å²) in [6.07, 6.45) is 1.21. The Labute approximate surface area is 163 Å². The van der Waals surface area contributed by atoms with Crippen LogP contribution in [0.15, 0.2) is 72.4 Å². The average molecular weight is 382 g/mol. The van der Waals surface area contributed by atoms with Crippen molar-refractivity contribution in [1.29, 1.82) is 0 Å². The summed E-state index contributed by atoms with van der Waals surface area (Å²) in [7, 11) is 0. The monoisotopic (exact) mass is 381 g/mol. The highest BCUT2D eigenvalue weighted by Crippen LogP contribution is 2.24. The van der Waals surface area contributed by atoms with Gasteiger partial charge in [0, 0.05) is 17.9 Å². The van der Waals surface area contributed by atoms with Crippen molar-refractivity contribution < 1.29 is 9.84 Å². The lowest BCUT2D eigenvalue weighted by molar-refractivity contribution is 0.126. The van der Waals surface area contributed by atoms with Gasteiger partial charge in [-0.15, -0.1) is 16.8 Å². The van der Waals surface area contributed by atoms with Gasteiger partial charge in [-0.1, -0.05) is 66.4 Å². The summed E-state index contributed by atoms with van der Waals surface area (Å²) in [6, 6.07) is 17.7. The van der Waals surface area contributed by atoms with Crippen LogP contribution in [0.2, 0.25) is 0 Å². The molecule has 0 saturated carbocycles. The summed E-state index contributed by atoms with van der Waals surface area (Å²) in [5.41, 5.74) is 2.05. The van der Waals surface area contributed by atoms with E-state index in [4.69, 9.17) is 4.74 Å². The number of thioether (sulfide) groups is 1. The third-order valence-electron chi connectivity index (χ3n) is 3.99. The molecule has 0 fully saturated rings. The van der Waals surface area contributed by atoms with Crippen LogP contribution < -0.4 is 4.74 Å². The second-order valence-corrected chi connectivity index (χ2v) is 7.10. The van der Waals surface area contributed by atoms with Crippen molar-refractivity contribution in [2.75, 3.05) is 12.4 Å². The number of rotatable bonds is 9. The Balaban J connectivity index is 1.63. The molecule has 27 heavy (non-hydrogen) atoms. The first kappa shape index (κ1) is 19.2. The topological polar surface area (TPSA) is 60.2 Å². The number of aromatic nitrogens is 3. The fraction of sp³-hybridized carbons (Fsp3) is 0.238. The Morgan fingerprint density at radius 3 is 2.63 bits per heavy atom. The number of ether oxygens (including phenoxy) is 1. The van der Waals surface area contributed by atoms with E-state index >= 15 is 0 Å². The Morgan fingerprint density at radius 2 is 1.89 bits per heavy atom. The van der Waals surface area contributed by atoms with Gasteiger partial charge in [0.15, 0.2) is 11.0 Å². The second-order valence-electron chi connectivity index (χ2n) is 6.11. The molecule has 0 bridgehead atoms. The molecule has 1 N–H and O–H groups in total. The minimum absolute atomic E-state index is 0.235. The third-order valence-corrected chi connectivity index (χ3v) is 5.10. The van der Waals surface area contributed by atoms with Crippen molar-refractivity contribution in [3.8, 4) is 17.1 Å². The fourth-order valence-corrected chi connectivity index (χ4v) is 3.47. The molecule has 3 rings (SSSR count). The van der Waals surface area contributed by atoms with E-state index in [1.165, 1.54) is 11.8 Å². The van der Waals surface area contributed by atoms with Gasteiger partial charge in [0.05, 0.1) is 6.10 Å². The lowest BCUT2D eigenvalue weighted by Gasteiger charge is -2.14. The number of nitrogens with zero attached hydrogens (tertiary/aromatic N) is 3. The predicted molar refractivity (Wildman–Crippen MR) is 109 cm³/mol. The summed E-state index contributed by atoms with van der Waals surface area (Å²) >= 11 is 1.46. The standard InChI is InChI=1S/C21H23N3O2S/c1-3-13-24-20(17-10-5-4-6-11-17)22-23-21(24)27-15-18(25)14-26-19-12-8-7-9-16(19)2/h3-12,18,25H,1,13-15H2,2H3/t18-/m0/s1. The summed E-state index contributed by atoms with van der Waals surface area (Å²) in [6.45, 7) is 6.65. The molecule has 3 aromatic rings. The van der Waals surface area contributed by atoms with Crippen LogP contribution in [0.1, 0.15) is 5.56 Å². The van der Waals surface area contributed by atoms with Crippen LogP contribution in [0.4, 0.5) is 0 Å². The largest absolute Gasteiger partial charge is 0.491 e. The number of hydrogen-bond donors (Lipinski definition) is 1. The molecule has 1 atom stereocenters. The Bertz CT molecular complexity index is 880. The highest BCUT2D eigenvalue weighted by atomic mass is 32.2. The maximum absolute atomic E-state index is 10.3. The first-order chi connectivity index (χ1) is 13.2. The fourth-order valence-electron chi connectivity index (χ4n) is 2.61. The molecule has 0 spiro atoms. The van der Waals surface area contributed by atoms with E-state index in [1.807, 2.05) is 72.2 Å². The van der Waals surface area contributed by atoms with Gasteiger partial charge in [-0.3, -0.25) is 4.57 Å². The van der Waals surface area contributed by atoms with Gasteiger partial charge in [0.2, 0.25) is 0 Å². The molecule has 0 aliphatic carbocycles. The van der Waals surface area contributed by atoms with E-state index in [2.05, 4.69) is 16.8 Å². The molecule has 0 amide bonds. The van der Waals surface area contributed by atoms with Crippen LogP contribution >= 0.6 is 11.8 Å². The molecule has 0 saturated heterocycles. The van der Waals surface area contributed by atoms with Gasteiger partial charge in [0.1, 0.15) is 12.4 Å². The Morgan fingerprint density at radius 1 is 1.15 bits per heavy atom. The minimum Gasteiger partial charge on any atom is -0.491 e. The molecule has 1 heterocycles. The van der Waals surface area contributed by atoms with Gasteiger partial charge < -0.3 is 9.84 Å². The summed E-state index contributed by atoms with van der Waals surface area (Å²) in [5, 5.41) is 19.6. The lowest BCUT2D eigenvalue weighted by Crippen LogP contribution is -2.20. The zero-order chi connectivity index (χ0) is 19.1. The van der Waals surface area contributed by atoms with E-state index in [0.717, 1.165) is 27.9 Å². The molecule has 0 aliphatic rings. The quantitative estimate of drug-likeness (QED) is 0.449. The minimum atomic E-state index is -0.608. The molecule has 1 aromatic heterocycles. The first-order valence-electron chi connectivity index (χ1n) is 8.78. The van der Waals surface area contributed by atoms with Crippen LogP contribution in [0.25, 0.3) is 11.4 Å². The van der Waals surface area contributed by atoms with Gasteiger partial charge >= 0.3 is 0 Å². The molecule has 5 nitrogen and oxygen atoms in total. The highest BCUT2D eigenvalue weighted by Gasteiger charge is 2.15. The molecule has 0 radical (unpaired) electrons. The Kier molecular flexibility index (Phi) is 6.68. The molecule has 6 heteroatoms. The van der Waals surface area contributed by atoms with Gasteiger partial charge in [-0.25, -0.2) is 0 Å². The Hall–Kier alpha value is -2.57. The average Bonchev–Trinajstić information content (AvgIpc) is 3.09. The summed E-state index contributed by atoms with van der Waals surface area (Å²) in [5.74, 6) is 2.06. The highest BCUT2D eigenvalue weighted by molar-refractivity contribution is 7.99.